The summed E-state index contributed by atoms with van der Waals surface area (Å²) in [5.74, 6) is -0.476. The van der Waals surface area contributed by atoms with Gasteiger partial charge in [0.2, 0.25) is 11.8 Å². The number of halogens is 2. The summed E-state index contributed by atoms with van der Waals surface area (Å²) in [6.45, 7) is 2.65. The highest BCUT2D eigenvalue weighted by molar-refractivity contribution is 6.35. The van der Waals surface area contributed by atoms with E-state index in [0.29, 0.717) is 40.5 Å². The number of hydrogen-bond donors (Lipinski definition) is 3. The summed E-state index contributed by atoms with van der Waals surface area (Å²) in [6.07, 6.45) is 1.21. The van der Waals surface area contributed by atoms with Gasteiger partial charge in [0.25, 0.3) is 5.56 Å². The van der Waals surface area contributed by atoms with Gasteiger partial charge in [-0.15, -0.1) is 0 Å². The Morgan fingerprint density at radius 1 is 1.21 bits per heavy atom. The smallest absolute Gasteiger partial charge is 0.256 e. The van der Waals surface area contributed by atoms with Gasteiger partial charge < -0.3 is 20.9 Å². The average molecular weight is 487 g/mol. The van der Waals surface area contributed by atoms with Gasteiger partial charge in [0.05, 0.1) is 12.6 Å². The number of benzene rings is 2. The third kappa shape index (κ3) is 4.99. The fourth-order valence-electron chi connectivity index (χ4n) is 4.35. The Labute approximate surface area is 200 Å². The van der Waals surface area contributed by atoms with Crippen LogP contribution in [-0.4, -0.2) is 34.8 Å². The number of rotatable bonds is 6. The van der Waals surface area contributed by atoms with Crippen molar-refractivity contribution in [1.82, 2.24) is 9.88 Å². The molecule has 1 aliphatic rings. The first-order valence-corrected chi connectivity index (χ1v) is 11.4. The van der Waals surface area contributed by atoms with Crippen molar-refractivity contribution in [2.45, 2.75) is 32.2 Å². The van der Waals surface area contributed by atoms with Crippen molar-refractivity contribution in [2.24, 2.45) is 5.73 Å². The second-order valence-corrected chi connectivity index (χ2v) is 9.06. The number of nitrogens with two attached hydrogens (primary N) is 1. The van der Waals surface area contributed by atoms with E-state index in [1.54, 1.807) is 18.2 Å². The van der Waals surface area contributed by atoms with Gasteiger partial charge in [-0.05, 0) is 72.7 Å². The van der Waals surface area contributed by atoms with Gasteiger partial charge in [-0.2, -0.15) is 0 Å². The zero-order valence-corrected chi connectivity index (χ0v) is 19.6. The molecule has 7 nitrogen and oxygen atoms in total. The van der Waals surface area contributed by atoms with Crippen LogP contribution in [0.5, 0.6) is 0 Å². The molecule has 0 spiro atoms. The van der Waals surface area contributed by atoms with Gasteiger partial charge in [0.1, 0.15) is 0 Å². The van der Waals surface area contributed by atoms with E-state index in [-0.39, 0.29) is 30.5 Å². The Bertz CT molecular complexity index is 1300. The summed E-state index contributed by atoms with van der Waals surface area (Å²) < 4.78 is 0. The van der Waals surface area contributed by atoms with Gasteiger partial charge in [-0.25, -0.2) is 0 Å². The number of aryl methyl sites for hydroxylation is 1. The molecule has 3 aromatic rings. The van der Waals surface area contributed by atoms with E-state index in [4.69, 9.17) is 28.9 Å². The number of carbonyl (C=O) groups is 2. The van der Waals surface area contributed by atoms with Crippen LogP contribution in [-0.2, 0) is 22.4 Å². The lowest BCUT2D eigenvalue weighted by molar-refractivity contribution is -0.131. The lowest BCUT2D eigenvalue weighted by atomic mass is 9.93. The molecule has 0 saturated carbocycles. The lowest BCUT2D eigenvalue weighted by Crippen LogP contribution is -2.41. The zero-order chi connectivity index (χ0) is 23.7. The van der Waals surface area contributed by atoms with E-state index in [0.717, 1.165) is 22.2 Å². The number of fused-ring (bicyclic) bond motifs is 2. The molecular formula is C24H24Cl2N4O3. The number of aromatic nitrogens is 1. The number of pyridine rings is 1. The second-order valence-electron chi connectivity index (χ2n) is 8.22. The molecule has 1 aliphatic heterocycles. The SMILES string of the molecule is CC1c2c(Cl)cc(Cl)cc2CCN1C(=O)CNc1ccc2c(=O)[nH]c(CCC(N)=O)cc2c1. The summed E-state index contributed by atoms with van der Waals surface area (Å²) in [4.78, 5) is 41.0. The third-order valence-corrected chi connectivity index (χ3v) is 6.52. The first kappa shape index (κ1) is 23.1. The van der Waals surface area contributed by atoms with Crippen LogP contribution in [0.15, 0.2) is 41.2 Å². The van der Waals surface area contributed by atoms with Gasteiger partial charge in [0.15, 0.2) is 0 Å². The molecule has 33 heavy (non-hydrogen) atoms. The minimum Gasteiger partial charge on any atom is -0.376 e. The van der Waals surface area contributed by atoms with Crippen LogP contribution < -0.4 is 16.6 Å². The number of anilines is 1. The highest BCUT2D eigenvalue weighted by Crippen LogP contribution is 2.36. The Hall–Kier alpha value is -3.03. The number of primary amides is 1. The monoisotopic (exact) mass is 486 g/mol. The molecule has 4 N–H and O–H groups in total. The summed E-state index contributed by atoms with van der Waals surface area (Å²) in [5, 5.41) is 5.58. The summed E-state index contributed by atoms with van der Waals surface area (Å²) in [5.41, 5.74) is 8.34. The lowest BCUT2D eigenvalue weighted by Gasteiger charge is -2.36. The number of carbonyl (C=O) groups excluding carboxylic acids is 2. The van der Waals surface area contributed by atoms with Crippen molar-refractivity contribution in [3.63, 3.8) is 0 Å². The normalized spacial score (nSPS) is 15.4. The molecule has 1 unspecified atom stereocenters. The van der Waals surface area contributed by atoms with E-state index in [9.17, 15) is 14.4 Å². The quantitative estimate of drug-likeness (QED) is 0.492. The molecule has 0 aliphatic carbocycles. The van der Waals surface area contributed by atoms with Crippen molar-refractivity contribution >= 4 is 51.5 Å². The fourth-order valence-corrected chi connectivity index (χ4v) is 5.04. The van der Waals surface area contributed by atoms with Crippen LogP contribution in [0.1, 0.15) is 36.2 Å². The molecule has 0 radical (unpaired) electrons. The first-order chi connectivity index (χ1) is 15.7. The number of hydrogen-bond acceptors (Lipinski definition) is 4. The molecule has 2 amide bonds. The number of nitrogens with zero attached hydrogens (tertiary/aromatic N) is 1. The highest BCUT2D eigenvalue weighted by Gasteiger charge is 2.29. The summed E-state index contributed by atoms with van der Waals surface area (Å²) in [7, 11) is 0. The Morgan fingerprint density at radius 2 is 2.00 bits per heavy atom. The summed E-state index contributed by atoms with van der Waals surface area (Å²) in [6, 6.07) is 10.6. The average Bonchev–Trinajstić information content (AvgIpc) is 2.75. The molecule has 2 heterocycles. The van der Waals surface area contributed by atoms with E-state index in [1.165, 1.54) is 0 Å². The van der Waals surface area contributed by atoms with Crippen molar-refractivity contribution in [1.29, 1.82) is 0 Å². The Kier molecular flexibility index (Phi) is 6.63. The van der Waals surface area contributed by atoms with E-state index in [2.05, 4.69) is 10.3 Å². The predicted octanol–water partition coefficient (Wildman–Crippen LogP) is 3.81. The molecule has 1 atom stereocenters. The van der Waals surface area contributed by atoms with Gasteiger partial charge >= 0.3 is 0 Å². The minimum absolute atomic E-state index is 0.0488. The third-order valence-electron chi connectivity index (χ3n) is 5.99. The van der Waals surface area contributed by atoms with Crippen LogP contribution in [0.3, 0.4) is 0 Å². The molecule has 0 bridgehead atoms. The standard InChI is InChI=1S/C24H24Cl2N4O3/c1-13-23-14(8-16(25)11-20(23)26)6-7-30(13)22(32)12-28-17-2-4-19-15(9-17)10-18(29-24(19)33)3-5-21(27)31/h2,4,8-11,13,28H,3,5-7,12H2,1H3,(H2,27,31)(H,29,33). The van der Waals surface area contributed by atoms with Gasteiger partial charge in [-0.3, -0.25) is 14.4 Å². The maximum atomic E-state index is 13.0. The first-order valence-electron chi connectivity index (χ1n) is 10.7. The molecule has 9 heteroatoms. The van der Waals surface area contributed by atoms with Crippen LogP contribution >= 0.6 is 23.2 Å². The van der Waals surface area contributed by atoms with Gasteiger partial charge in [-0.1, -0.05) is 23.2 Å². The van der Waals surface area contributed by atoms with E-state index >= 15 is 0 Å². The molecule has 0 saturated heterocycles. The maximum absolute atomic E-state index is 13.0. The molecule has 0 fully saturated rings. The largest absolute Gasteiger partial charge is 0.376 e. The van der Waals surface area contributed by atoms with Crippen LogP contribution in [0.2, 0.25) is 10.0 Å². The Morgan fingerprint density at radius 3 is 2.76 bits per heavy atom. The number of amides is 2. The van der Waals surface area contributed by atoms with Crippen molar-refractivity contribution < 1.29 is 9.59 Å². The number of nitrogens with one attached hydrogen (secondary N) is 2. The van der Waals surface area contributed by atoms with Crippen LogP contribution in [0.25, 0.3) is 10.8 Å². The van der Waals surface area contributed by atoms with Crippen molar-refractivity contribution in [3.05, 3.63) is 73.6 Å². The Balaban J connectivity index is 1.48. The molecular weight excluding hydrogens is 463 g/mol. The predicted molar refractivity (Wildman–Crippen MR) is 131 cm³/mol. The van der Waals surface area contributed by atoms with Crippen LogP contribution in [0, 0.1) is 0 Å². The molecule has 172 valence electrons. The second kappa shape index (κ2) is 9.45. The number of aromatic amines is 1. The minimum atomic E-state index is -0.427. The van der Waals surface area contributed by atoms with Crippen LogP contribution in [0.4, 0.5) is 5.69 Å². The van der Waals surface area contributed by atoms with E-state index in [1.807, 2.05) is 30.0 Å². The van der Waals surface area contributed by atoms with Gasteiger partial charge in [0, 0.05) is 39.8 Å². The maximum Gasteiger partial charge on any atom is 0.256 e. The zero-order valence-electron chi connectivity index (χ0n) is 18.1. The number of H-pyrrole nitrogens is 1. The highest BCUT2D eigenvalue weighted by atomic mass is 35.5. The van der Waals surface area contributed by atoms with Crippen molar-refractivity contribution in [3.8, 4) is 0 Å². The fraction of sp³-hybridized carbons (Fsp3) is 0.292. The summed E-state index contributed by atoms with van der Waals surface area (Å²) >= 11 is 12.5. The molecule has 2 aromatic carbocycles. The molecule has 4 rings (SSSR count). The topological polar surface area (TPSA) is 108 Å². The van der Waals surface area contributed by atoms with E-state index < -0.39 is 5.91 Å². The van der Waals surface area contributed by atoms with Crippen molar-refractivity contribution in [2.75, 3.05) is 18.4 Å². The molecule has 1 aromatic heterocycles.